The third-order valence-electron chi connectivity index (χ3n) is 9.31. The van der Waals surface area contributed by atoms with Crippen molar-refractivity contribution < 1.29 is 0 Å². The summed E-state index contributed by atoms with van der Waals surface area (Å²) in [7, 11) is 0. The van der Waals surface area contributed by atoms with E-state index in [-0.39, 0.29) is 5.92 Å². The SMILES string of the molecule is c1ccc2c(c1)-c1cccc3cccc(c13)C2c1ccc(N(c2cccc3ccccc23)c2cccc3ccccc23)cc1. The lowest BCUT2D eigenvalue weighted by atomic mass is 9.74. The maximum Gasteiger partial charge on any atom is 0.0540 e. The van der Waals surface area contributed by atoms with Crippen molar-refractivity contribution in [3.8, 4) is 11.1 Å². The van der Waals surface area contributed by atoms with E-state index in [4.69, 9.17) is 0 Å². The fraction of sp³-hybridized carbons (Fsp3) is 0.0233. The fourth-order valence-electron chi connectivity index (χ4n) is 7.39. The molecule has 1 heteroatoms. The molecule has 1 aliphatic rings. The Labute approximate surface area is 257 Å². The minimum atomic E-state index is 0.169. The van der Waals surface area contributed by atoms with Crippen LogP contribution in [0.2, 0.25) is 0 Å². The number of anilines is 3. The Balaban J connectivity index is 1.25. The first-order valence-electron chi connectivity index (χ1n) is 15.3. The zero-order valence-corrected chi connectivity index (χ0v) is 24.2. The van der Waals surface area contributed by atoms with Gasteiger partial charge in [-0.3, -0.25) is 0 Å². The lowest BCUT2D eigenvalue weighted by Gasteiger charge is -2.31. The number of nitrogens with zero attached hydrogens (tertiary/aromatic N) is 1. The van der Waals surface area contributed by atoms with Crippen LogP contribution in [-0.2, 0) is 0 Å². The van der Waals surface area contributed by atoms with Crippen LogP contribution in [0, 0.1) is 0 Å². The standard InChI is InChI=1S/C43H29N/c1-3-17-34-29(11-1)13-9-23-40(34)44(41-24-10-14-30-12-2-4-18-35(30)41)33-27-25-32(26-28-33)43-37-20-6-5-19-36(37)38-21-7-15-31-16-8-22-39(43)42(31)38/h1-28,43H. The summed E-state index contributed by atoms with van der Waals surface area (Å²) in [4.78, 5) is 2.43. The molecule has 206 valence electrons. The van der Waals surface area contributed by atoms with Gasteiger partial charge in [-0.15, -0.1) is 0 Å². The summed E-state index contributed by atoms with van der Waals surface area (Å²) in [6.07, 6.45) is 0. The van der Waals surface area contributed by atoms with E-state index in [2.05, 4.69) is 175 Å². The van der Waals surface area contributed by atoms with Gasteiger partial charge in [0.2, 0.25) is 0 Å². The van der Waals surface area contributed by atoms with E-state index in [0.717, 1.165) is 5.69 Å². The van der Waals surface area contributed by atoms with Crippen LogP contribution in [0.4, 0.5) is 17.1 Å². The van der Waals surface area contributed by atoms with E-state index < -0.39 is 0 Å². The Hall–Kier alpha value is -5.66. The van der Waals surface area contributed by atoms with Crippen LogP contribution in [0.3, 0.4) is 0 Å². The van der Waals surface area contributed by atoms with Gasteiger partial charge in [-0.2, -0.15) is 0 Å². The molecule has 0 aromatic heterocycles. The van der Waals surface area contributed by atoms with Gasteiger partial charge in [0.05, 0.1) is 11.4 Å². The predicted octanol–water partition coefficient (Wildman–Crippen LogP) is 11.8. The first kappa shape index (κ1) is 24.9. The van der Waals surface area contributed by atoms with Crippen LogP contribution >= 0.6 is 0 Å². The van der Waals surface area contributed by atoms with Crippen molar-refractivity contribution in [1.82, 2.24) is 0 Å². The summed E-state index contributed by atoms with van der Waals surface area (Å²) < 4.78 is 0. The summed E-state index contributed by atoms with van der Waals surface area (Å²) in [5, 5.41) is 7.60. The summed E-state index contributed by atoms with van der Waals surface area (Å²) in [5.41, 5.74) is 10.2. The highest BCUT2D eigenvalue weighted by Gasteiger charge is 2.28. The van der Waals surface area contributed by atoms with Gasteiger partial charge < -0.3 is 4.90 Å². The molecule has 44 heavy (non-hydrogen) atoms. The molecule has 1 aliphatic carbocycles. The van der Waals surface area contributed by atoms with Crippen LogP contribution in [0.1, 0.15) is 22.6 Å². The second-order valence-electron chi connectivity index (χ2n) is 11.7. The minimum Gasteiger partial charge on any atom is -0.309 e. The summed E-state index contributed by atoms with van der Waals surface area (Å²) in [6, 6.07) is 62.3. The van der Waals surface area contributed by atoms with Crippen molar-refractivity contribution in [2.24, 2.45) is 0 Å². The van der Waals surface area contributed by atoms with Crippen molar-refractivity contribution in [1.29, 1.82) is 0 Å². The molecule has 8 aromatic carbocycles. The maximum atomic E-state index is 2.43. The largest absolute Gasteiger partial charge is 0.309 e. The van der Waals surface area contributed by atoms with Crippen LogP contribution in [0.5, 0.6) is 0 Å². The van der Waals surface area contributed by atoms with Crippen molar-refractivity contribution in [3.63, 3.8) is 0 Å². The smallest absolute Gasteiger partial charge is 0.0540 e. The highest BCUT2D eigenvalue weighted by atomic mass is 15.1. The van der Waals surface area contributed by atoms with Gasteiger partial charge in [0.15, 0.2) is 0 Å². The quantitative estimate of drug-likeness (QED) is 0.207. The van der Waals surface area contributed by atoms with Crippen LogP contribution in [0.25, 0.3) is 43.4 Å². The number of fused-ring (bicyclic) bond motifs is 4. The Morgan fingerprint density at radius 1 is 0.364 bits per heavy atom. The molecular formula is C43H29N. The highest BCUT2D eigenvalue weighted by molar-refractivity contribution is 6.05. The van der Waals surface area contributed by atoms with E-state index in [1.165, 1.54) is 71.5 Å². The molecule has 0 spiro atoms. The molecule has 8 aromatic rings. The molecule has 0 aliphatic heterocycles. The van der Waals surface area contributed by atoms with Gasteiger partial charge in [0, 0.05) is 22.4 Å². The van der Waals surface area contributed by atoms with Gasteiger partial charge in [-0.05, 0) is 73.6 Å². The zero-order valence-electron chi connectivity index (χ0n) is 24.2. The molecule has 9 rings (SSSR count). The Morgan fingerprint density at radius 3 is 1.57 bits per heavy atom. The molecule has 0 fully saturated rings. The van der Waals surface area contributed by atoms with Gasteiger partial charge in [0.1, 0.15) is 0 Å². The monoisotopic (exact) mass is 559 g/mol. The van der Waals surface area contributed by atoms with Gasteiger partial charge in [-0.25, -0.2) is 0 Å². The van der Waals surface area contributed by atoms with Crippen LogP contribution < -0.4 is 4.90 Å². The summed E-state index contributed by atoms with van der Waals surface area (Å²) in [5.74, 6) is 0.169. The van der Waals surface area contributed by atoms with Crippen molar-refractivity contribution in [2.75, 3.05) is 4.90 Å². The van der Waals surface area contributed by atoms with Crippen LogP contribution in [-0.4, -0.2) is 0 Å². The molecule has 0 saturated carbocycles. The highest BCUT2D eigenvalue weighted by Crippen LogP contribution is 2.49. The molecule has 1 unspecified atom stereocenters. The lowest BCUT2D eigenvalue weighted by Crippen LogP contribution is -2.13. The topological polar surface area (TPSA) is 3.24 Å². The number of hydrogen-bond acceptors (Lipinski definition) is 1. The number of benzene rings is 8. The summed E-state index contributed by atoms with van der Waals surface area (Å²) >= 11 is 0. The van der Waals surface area contributed by atoms with E-state index in [1.807, 2.05) is 0 Å². The fourth-order valence-corrected chi connectivity index (χ4v) is 7.39. The normalized spacial score (nSPS) is 13.7. The molecule has 0 saturated heterocycles. The Morgan fingerprint density at radius 2 is 0.864 bits per heavy atom. The van der Waals surface area contributed by atoms with Crippen molar-refractivity contribution >= 4 is 49.4 Å². The van der Waals surface area contributed by atoms with Gasteiger partial charge >= 0.3 is 0 Å². The number of rotatable bonds is 4. The molecule has 0 amide bonds. The zero-order chi connectivity index (χ0) is 29.0. The van der Waals surface area contributed by atoms with Crippen molar-refractivity contribution in [2.45, 2.75) is 5.92 Å². The van der Waals surface area contributed by atoms with Gasteiger partial charge in [-0.1, -0.05) is 146 Å². The van der Waals surface area contributed by atoms with Crippen LogP contribution in [0.15, 0.2) is 170 Å². The van der Waals surface area contributed by atoms with E-state index in [0.29, 0.717) is 0 Å². The van der Waals surface area contributed by atoms with Crippen molar-refractivity contribution in [3.05, 3.63) is 187 Å². The first-order valence-corrected chi connectivity index (χ1v) is 15.3. The third-order valence-corrected chi connectivity index (χ3v) is 9.31. The lowest BCUT2D eigenvalue weighted by molar-refractivity contribution is 0.982. The molecule has 0 bridgehead atoms. The van der Waals surface area contributed by atoms with E-state index >= 15 is 0 Å². The Bertz CT molecular complexity index is 2250. The molecule has 0 radical (unpaired) electrons. The molecule has 1 nitrogen and oxygen atoms in total. The Kier molecular flexibility index (Phi) is 5.64. The molecule has 1 atom stereocenters. The molecular weight excluding hydrogens is 530 g/mol. The average molecular weight is 560 g/mol. The number of hydrogen-bond donors (Lipinski definition) is 0. The second kappa shape index (κ2) is 9.97. The first-order chi connectivity index (χ1) is 21.8. The molecule has 0 N–H and O–H groups in total. The molecule has 0 heterocycles. The predicted molar refractivity (Wildman–Crippen MR) is 186 cm³/mol. The second-order valence-corrected chi connectivity index (χ2v) is 11.7. The maximum absolute atomic E-state index is 2.43. The average Bonchev–Trinajstić information content (AvgIpc) is 3.09. The van der Waals surface area contributed by atoms with E-state index in [9.17, 15) is 0 Å². The summed E-state index contributed by atoms with van der Waals surface area (Å²) in [6.45, 7) is 0. The van der Waals surface area contributed by atoms with E-state index in [1.54, 1.807) is 0 Å². The minimum absolute atomic E-state index is 0.169. The van der Waals surface area contributed by atoms with Gasteiger partial charge in [0.25, 0.3) is 0 Å². The third kappa shape index (κ3) is 3.80.